The van der Waals surface area contributed by atoms with Crippen LogP contribution in [0.15, 0.2) is 34.9 Å². The van der Waals surface area contributed by atoms with Gasteiger partial charge in [0.25, 0.3) is 0 Å². The summed E-state index contributed by atoms with van der Waals surface area (Å²) < 4.78 is 28.5. The normalized spacial score (nSPS) is 11.9. The quantitative estimate of drug-likeness (QED) is 0.654. The topological polar surface area (TPSA) is 94.4 Å². The predicted molar refractivity (Wildman–Crippen MR) is 71.4 cm³/mol. The molecule has 19 heavy (non-hydrogen) atoms. The van der Waals surface area contributed by atoms with Gasteiger partial charge in [0.15, 0.2) is 5.88 Å². The molecule has 0 bridgehead atoms. The lowest BCUT2D eigenvalue weighted by Crippen LogP contribution is -2.04. The van der Waals surface area contributed by atoms with Gasteiger partial charge in [0.05, 0.1) is 22.7 Å². The molecular weight excluding hydrogens is 292 g/mol. The van der Waals surface area contributed by atoms with Crippen LogP contribution in [0, 0.1) is 0 Å². The molecule has 0 spiro atoms. The lowest BCUT2D eigenvalue weighted by molar-refractivity contribution is 0.112. The fourth-order valence-corrected chi connectivity index (χ4v) is 2.05. The molecule has 8 heteroatoms. The Balaban J connectivity index is 2.41. The summed E-state index contributed by atoms with van der Waals surface area (Å²) in [5.41, 5.74) is 0.731. The Labute approximate surface area is 116 Å². The maximum Gasteiger partial charge on any atom is 0.197 e. The van der Waals surface area contributed by atoms with Gasteiger partial charge in [-0.15, -0.1) is 0 Å². The Kier molecular flexibility index (Phi) is 4.20. The van der Waals surface area contributed by atoms with Crippen LogP contribution in [-0.4, -0.2) is 15.0 Å². The maximum absolute atomic E-state index is 10.8. The molecular formula is C11H8ClN2O4S-. The third-order valence-electron chi connectivity index (χ3n) is 2.20. The first kappa shape index (κ1) is 13.6. The number of anilines is 3. The average molecular weight is 300 g/mol. The van der Waals surface area contributed by atoms with Crippen molar-refractivity contribution in [3.05, 3.63) is 41.1 Å². The monoisotopic (exact) mass is 299 g/mol. The van der Waals surface area contributed by atoms with E-state index in [0.29, 0.717) is 17.9 Å². The summed E-state index contributed by atoms with van der Waals surface area (Å²) in [6, 6.07) is 6.14. The van der Waals surface area contributed by atoms with Crippen molar-refractivity contribution in [2.75, 3.05) is 10.0 Å². The van der Waals surface area contributed by atoms with Gasteiger partial charge in [-0.1, -0.05) is 11.6 Å². The Hall–Kier alpha value is -1.83. The van der Waals surface area contributed by atoms with Gasteiger partial charge in [0.1, 0.15) is 6.29 Å². The number of hydrogen-bond donors (Lipinski definition) is 2. The highest BCUT2D eigenvalue weighted by Crippen LogP contribution is 2.33. The molecule has 6 nitrogen and oxygen atoms in total. The van der Waals surface area contributed by atoms with Crippen LogP contribution in [-0.2, 0) is 11.3 Å². The van der Waals surface area contributed by atoms with E-state index in [0.717, 1.165) is 0 Å². The van der Waals surface area contributed by atoms with Gasteiger partial charge in [-0.05, 0) is 18.2 Å². The molecule has 1 aromatic carbocycles. The molecule has 2 rings (SSSR count). The van der Waals surface area contributed by atoms with Gasteiger partial charge in [-0.2, -0.15) is 0 Å². The minimum atomic E-state index is -2.54. The highest BCUT2D eigenvalue weighted by molar-refractivity contribution is 7.80. The van der Waals surface area contributed by atoms with Crippen LogP contribution >= 0.6 is 11.6 Å². The van der Waals surface area contributed by atoms with Crippen LogP contribution in [0.3, 0.4) is 0 Å². The van der Waals surface area contributed by atoms with Crippen molar-refractivity contribution in [3.63, 3.8) is 0 Å². The number of furan rings is 1. The van der Waals surface area contributed by atoms with E-state index in [1.165, 1.54) is 18.4 Å². The summed E-state index contributed by atoms with van der Waals surface area (Å²) in [4.78, 5) is 10.8. The SMILES string of the molecule is O=Cc1cc(Nc2ccco2)c(Cl)c(NS(=O)[O-])c1. The van der Waals surface area contributed by atoms with E-state index in [-0.39, 0.29) is 16.3 Å². The average Bonchev–Trinajstić information content (AvgIpc) is 2.86. The van der Waals surface area contributed by atoms with Crippen molar-refractivity contribution in [3.8, 4) is 0 Å². The number of rotatable bonds is 5. The fourth-order valence-electron chi connectivity index (χ4n) is 1.45. The van der Waals surface area contributed by atoms with E-state index in [9.17, 15) is 13.6 Å². The van der Waals surface area contributed by atoms with Crippen LogP contribution in [0.5, 0.6) is 0 Å². The number of carbonyl (C=O) groups excluding carboxylic acids is 1. The summed E-state index contributed by atoms with van der Waals surface area (Å²) in [6.07, 6.45) is 2.05. The van der Waals surface area contributed by atoms with E-state index in [1.54, 1.807) is 12.1 Å². The molecule has 2 aromatic rings. The van der Waals surface area contributed by atoms with E-state index in [2.05, 4.69) is 10.0 Å². The van der Waals surface area contributed by atoms with Crippen LogP contribution in [0.1, 0.15) is 10.4 Å². The van der Waals surface area contributed by atoms with Crippen molar-refractivity contribution < 1.29 is 18.0 Å². The van der Waals surface area contributed by atoms with Gasteiger partial charge in [0.2, 0.25) is 0 Å². The molecule has 0 saturated heterocycles. The Bertz CT molecular complexity index is 615. The molecule has 1 atom stereocenters. The fraction of sp³-hybridized carbons (Fsp3) is 0. The molecule has 1 heterocycles. The second kappa shape index (κ2) is 5.87. The number of benzene rings is 1. The van der Waals surface area contributed by atoms with Gasteiger partial charge >= 0.3 is 0 Å². The third-order valence-corrected chi connectivity index (χ3v) is 3.00. The lowest BCUT2D eigenvalue weighted by Gasteiger charge is -2.14. The first-order valence-corrected chi connectivity index (χ1v) is 6.50. The van der Waals surface area contributed by atoms with Gasteiger partial charge in [-0.3, -0.25) is 9.00 Å². The summed E-state index contributed by atoms with van der Waals surface area (Å²) >= 11 is 3.51. The molecule has 0 amide bonds. The molecule has 0 fully saturated rings. The molecule has 0 saturated carbocycles. The molecule has 0 radical (unpaired) electrons. The van der Waals surface area contributed by atoms with Crippen LogP contribution in [0.2, 0.25) is 5.02 Å². The number of nitrogens with one attached hydrogen (secondary N) is 2. The molecule has 1 unspecified atom stereocenters. The molecule has 0 aliphatic carbocycles. The summed E-state index contributed by atoms with van der Waals surface area (Å²) in [6.45, 7) is 0. The standard InChI is InChI=1S/C11H9ClN2O4S/c12-11-8(13-10-2-1-3-18-10)4-7(6-15)5-9(11)14-19(16)17/h1-6,13-14H,(H,16,17)/p-1. The zero-order valence-corrected chi connectivity index (χ0v) is 11.0. The minimum Gasteiger partial charge on any atom is -0.755 e. The largest absolute Gasteiger partial charge is 0.755 e. The zero-order chi connectivity index (χ0) is 13.8. The van der Waals surface area contributed by atoms with Crippen molar-refractivity contribution in [1.82, 2.24) is 0 Å². The van der Waals surface area contributed by atoms with Gasteiger partial charge in [0, 0.05) is 22.9 Å². The minimum absolute atomic E-state index is 0.105. The smallest absolute Gasteiger partial charge is 0.197 e. The predicted octanol–water partition coefficient (Wildman–Crippen LogP) is 2.70. The highest BCUT2D eigenvalue weighted by atomic mass is 35.5. The van der Waals surface area contributed by atoms with Crippen molar-refractivity contribution >= 4 is 46.4 Å². The summed E-state index contributed by atoms with van der Waals surface area (Å²) in [5, 5.41) is 2.97. The van der Waals surface area contributed by atoms with Crippen LogP contribution in [0.25, 0.3) is 0 Å². The second-order valence-electron chi connectivity index (χ2n) is 3.49. The summed E-state index contributed by atoms with van der Waals surface area (Å²) in [7, 11) is 0. The molecule has 2 N–H and O–H groups in total. The van der Waals surface area contributed by atoms with Gasteiger partial charge < -0.3 is 19.0 Å². The summed E-state index contributed by atoms with van der Waals surface area (Å²) in [5.74, 6) is 0.416. The van der Waals surface area contributed by atoms with Crippen molar-refractivity contribution in [1.29, 1.82) is 0 Å². The van der Waals surface area contributed by atoms with E-state index >= 15 is 0 Å². The number of aldehydes is 1. The lowest BCUT2D eigenvalue weighted by atomic mass is 10.2. The molecule has 0 aliphatic rings. The van der Waals surface area contributed by atoms with E-state index < -0.39 is 11.3 Å². The van der Waals surface area contributed by atoms with Crippen molar-refractivity contribution in [2.24, 2.45) is 0 Å². The highest BCUT2D eigenvalue weighted by Gasteiger charge is 2.10. The van der Waals surface area contributed by atoms with Crippen molar-refractivity contribution in [2.45, 2.75) is 0 Å². The number of carbonyl (C=O) groups is 1. The first-order valence-electron chi connectivity index (χ1n) is 5.05. The first-order chi connectivity index (χ1) is 9.10. The second-order valence-corrected chi connectivity index (χ2v) is 4.54. The van der Waals surface area contributed by atoms with E-state index in [1.807, 2.05) is 0 Å². The molecule has 100 valence electrons. The van der Waals surface area contributed by atoms with Crippen LogP contribution < -0.4 is 10.0 Å². The third kappa shape index (κ3) is 3.34. The molecule has 0 aliphatic heterocycles. The number of hydrogen-bond acceptors (Lipinski definition) is 5. The number of halogens is 1. The van der Waals surface area contributed by atoms with Crippen LogP contribution in [0.4, 0.5) is 17.3 Å². The Morgan fingerprint density at radius 1 is 1.37 bits per heavy atom. The van der Waals surface area contributed by atoms with E-state index in [4.69, 9.17) is 16.0 Å². The molecule has 1 aromatic heterocycles. The zero-order valence-electron chi connectivity index (χ0n) is 9.38. The maximum atomic E-state index is 10.8. The Morgan fingerprint density at radius 2 is 2.11 bits per heavy atom. The Morgan fingerprint density at radius 3 is 2.68 bits per heavy atom. The van der Waals surface area contributed by atoms with Gasteiger partial charge in [-0.25, -0.2) is 0 Å².